The fraction of sp³-hybridized carbons (Fsp3) is 0.345. The maximum absolute atomic E-state index is 12.7. The SMILES string of the molecule is Cc1cc(Nc2nccn3c(-c4ccc(OC(F)F)cc4)cnc23)ccc1C(=O)NCCOCCN1CCNCC1. The van der Waals surface area contributed by atoms with Crippen molar-refractivity contribution in [2.75, 3.05) is 57.8 Å². The number of halogens is 2. The standard InChI is InChI=1S/C29H33F2N7O3/c1-20-18-22(4-7-24(20)28(39)34-11-16-40-17-15-37-12-8-32-9-13-37)36-26-27-35-19-25(38(27)14-10-33-26)21-2-5-23(6-3-21)41-29(30)31/h2-7,10,14,18-19,29,32H,8-9,11-13,15-17H2,1H3,(H,33,36)(H,34,39). The van der Waals surface area contributed by atoms with Crippen LogP contribution in [-0.2, 0) is 4.74 Å². The highest BCUT2D eigenvalue weighted by molar-refractivity contribution is 5.96. The monoisotopic (exact) mass is 565 g/mol. The Morgan fingerprint density at radius 2 is 1.90 bits per heavy atom. The van der Waals surface area contributed by atoms with Gasteiger partial charge in [0.05, 0.1) is 25.1 Å². The Hall–Kier alpha value is -4.13. The number of hydrogen-bond donors (Lipinski definition) is 3. The van der Waals surface area contributed by atoms with Crippen molar-refractivity contribution < 1.29 is 23.0 Å². The molecule has 1 aliphatic rings. The van der Waals surface area contributed by atoms with Gasteiger partial charge in [-0.05, 0) is 55.0 Å². The predicted molar refractivity (Wildman–Crippen MR) is 152 cm³/mol. The molecule has 2 aromatic carbocycles. The molecule has 0 bridgehead atoms. The van der Waals surface area contributed by atoms with Gasteiger partial charge in [0.2, 0.25) is 0 Å². The maximum atomic E-state index is 12.7. The number of fused-ring (bicyclic) bond motifs is 1. The number of nitrogens with one attached hydrogen (secondary N) is 3. The van der Waals surface area contributed by atoms with Crippen molar-refractivity contribution in [1.82, 2.24) is 29.9 Å². The first-order valence-electron chi connectivity index (χ1n) is 13.5. The van der Waals surface area contributed by atoms with Crippen molar-refractivity contribution in [3.8, 4) is 17.0 Å². The minimum absolute atomic E-state index is 0.0868. The van der Waals surface area contributed by atoms with E-state index in [0.717, 1.165) is 55.2 Å². The molecule has 41 heavy (non-hydrogen) atoms. The highest BCUT2D eigenvalue weighted by Gasteiger charge is 2.14. The molecular weight excluding hydrogens is 532 g/mol. The first-order valence-corrected chi connectivity index (χ1v) is 13.5. The molecule has 3 heterocycles. The first kappa shape index (κ1) is 28.4. The number of carbonyl (C=O) groups is 1. The number of aromatic nitrogens is 3. The molecule has 0 atom stereocenters. The molecule has 1 amide bonds. The number of aryl methyl sites for hydroxylation is 1. The van der Waals surface area contributed by atoms with Crippen LogP contribution in [0.3, 0.4) is 0 Å². The molecule has 0 saturated carbocycles. The summed E-state index contributed by atoms with van der Waals surface area (Å²) in [4.78, 5) is 24.1. The average Bonchev–Trinajstić information content (AvgIpc) is 3.41. The van der Waals surface area contributed by atoms with Crippen LogP contribution < -0.4 is 20.7 Å². The van der Waals surface area contributed by atoms with Crippen LogP contribution in [0, 0.1) is 6.92 Å². The molecule has 10 nitrogen and oxygen atoms in total. The minimum Gasteiger partial charge on any atom is -0.435 e. The second kappa shape index (κ2) is 13.5. The van der Waals surface area contributed by atoms with Crippen molar-refractivity contribution in [2.45, 2.75) is 13.5 Å². The Labute approximate surface area is 236 Å². The van der Waals surface area contributed by atoms with Crippen molar-refractivity contribution in [3.63, 3.8) is 0 Å². The summed E-state index contributed by atoms with van der Waals surface area (Å²) in [6.45, 7) is 5.57. The summed E-state index contributed by atoms with van der Waals surface area (Å²) in [5.41, 5.74) is 4.30. The van der Waals surface area contributed by atoms with E-state index in [1.165, 1.54) is 12.1 Å². The Morgan fingerprint density at radius 1 is 1.10 bits per heavy atom. The predicted octanol–water partition coefficient (Wildman–Crippen LogP) is 3.70. The number of nitrogens with zero attached hydrogens (tertiary/aromatic N) is 4. The molecule has 1 fully saturated rings. The summed E-state index contributed by atoms with van der Waals surface area (Å²) in [6, 6.07) is 11.9. The molecule has 0 aliphatic carbocycles. The van der Waals surface area contributed by atoms with Crippen LogP contribution in [0.1, 0.15) is 15.9 Å². The molecule has 4 aromatic rings. The fourth-order valence-electron chi connectivity index (χ4n) is 4.72. The van der Waals surface area contributed by atoms with Gasteiger partial charge in [-0.3, -0.25) is 14.1 Å². The lowest BCUT2D eigenvalue weighted by atomic mass is 10.1. The van der Waals surface area contributed by atoms with Gasteiger partial charge in [-0.25, -0.2) is 9.97 Å². The zero-order chi connectivity index (χ0) is 28.6. The van der Waals surface area contributed by atoms with E-state index in [4.69, 9.17) is 4.74 Å². The van der Waals surface area contributed by atoms with Crippen LogP contribution in [0.4, 0.5) is 20.3 Å². The van der Waals surface area contributed by atoms with Crippen LogP contribution in [0.5, 0.6) is 5.75 Å². The largest absolute Gasteiger partial charge is 0.435 e. The van der Waals surface area contributed by atoms with Gasteiger partial charge in [0.25, 0.3) is 5.91 Å². The Bertz CT molecular complexity index is 1460. The zero-order valence-corrected chi connectivity index (χ0v) is 22.8. The van der Waals surface area contributed by atoms with E-state index in [0.29, 0.717) is 36.8 Å². The summed E-state index contributed by atoms with van der Waals surface area (Å²) in [7, 11) is 0. The van der Waals surface area contributed by atoms with Crippen LogP contribution in [0.2, 0.25) is 0 Å². The molecular formula is C29H33F2N7O3. The number of rotatable bonds is 12. The van der Waals surface area contributed by atoms with E-state index in [2.05, 4.69) is 35.6 Å². The van der Waals surface area contributed by atoms with Crippen molar-refractivity contribution >= 4 is 23.1 Å². The number of imidazole rings is 1. The molecule has 216 valence electrons. The third kappa shape index (κ3) is 7.34. The molecule has 12 heteroatoms. The Kier molecular flexibility index (Phi) is 9.34. The smallest absolute Gasteiger partial charge is 0.387 e. The van der Waals surface area contributed by atoms with E-state index in [-0.39, 0.29) is 11.7 Å². The Balaban J connectivity index is 1.17. The number of hydrogen-bond acceptors (Lipinski definition) is 8. The third-order valence-electron chi connectivity index (χ3n) is 6.83. The summed E-state index contributed by atoms with van der Waals surface area (Å²) in [6.07, 6.45) is 5.12. The normalized spacial score (nSPS) is 14.0. The van der Waals surface area contributed by atoms with E-state index < -0.39 is 6.61 Å². The van der Waals surface area contributed by atoms with Gasteiger partial charge >= 0.3 is 6.61 Å². The topological polar surface area (TPSA) is 105 Å². The van der Waals surface area contributed by atoms with Gasteiger partial charge in [0, 0.05) is 68.5 Å². The van der Waals surface area contributed by atoms with Gasteiger partial charge in [-0.15, -0.1) is 0 Å². The van der Waals surface area contributed by atoms with Gasteiger partial charge in [-0.2, -0.15) is 8.78 Å². The molecule has 5 rings (SSSR count). The lowest BCUT2D eigenvalue weighted by Crippen LogP contribution is -2.44. The number of amides is 1. The maximum Gasteiger partial charge on any atom is 0.387 e. The van der Waals surface area contributed by atoms with Gasteiger partial charge in [-0.1, -0.05) is 0 Å². The molecule has 3 N–H and O–H groups in total. The van der Waals surface area contributed by atoms with Gasteiger partial charge < -0.3 is 25.4 Å². The summed E-state index contributed by atoms with van der Waals surface area (Å²) >= 11 is 0. The molecule has 1 aliphatic heterocycles. The van der Waals surface area contributed by atoms with E-state index in [9.17, 15) is 13.6 Å². The lowest BCUT2D eigenvalue weighted by molar-refractivity contribution is -0.0498. The number of anilines is 2. The van der Waals surface area contributed by atoms with Crippen molar-refractivity contribution in [3.05, 3.63) is 72.2 Å². The minimum atomic E-state index is -2.87. The van der Waals surface area contributed by atoms with Crippen molar-refractivity contribution in [1.29, 1.82) is 0 Å². The summed E-state index contributed by atoms with van der Waals surface area (Å²) < 4.78 is 36.9. The molecule has 0 spiro atoms. The fourth-order valence-corrected chi connectivity index (χ4v) is 4.72. The number of carbonyl (C=O) groups excluding carboxylic acids is 1. The summed E-state index contributed by atoms with van der Waals surface area (Å²) in [5.74, 6) is 0.470. The first-order chi connectivity index (χ1) is 20.0. The number of ether oxygens (including phenoxy) is 2. The molecule has 2 aromatic heterocycles. The number of benzene rings is 2. The van der Waals surface area contributed by atoms with E-state index >= 15 is 0 Å². The second-order valence-electron chi connectivity index (χ2n) is 9.63. The van der Waals surface area contributed by atoms with Gasteiger partial charge in [0.1, 0.15) is 5.75 Å². The third-order valence-corrected chi connectivity index (χ3v) is 6.83. The number of piperazine rings is 1. The molecule has 0 unspecified atom stereocenters. The second-order valence-corrected chi connectivity index (χ2v) is 9.63. The van der Waals surface area contributed by atoms with Crippen molar-refractivity contribution in [2.24, 2.45) is 0 Å². The van der Waals surface area contributed by atoms with E-state index in [1.807, 2.05) is 23.5 Å². The average molecular weight is 566 g/mol. The quantitative estimate of drug-likeness (QED) is 0.224. The van der Waals surface area contributed by atoms with Gasteiger partial charge in [0.15, 0.2) is 11.5 Å². The van der Waals surface area contributed by atoms with Crippen LogP contribution in [0.25, 0.3) is 16.9 Å². The number of alkyl halides is 2. The highest BCUT2D eigenvalue weighted by Crippen LogP contribution is 2.27. The molecule has 1 saturated heterocycles. The van der Waals surface area contributed by atoms with Crippen LogP contribution >= 0.6 is 0 Å². The van der Waals surface area contributed by atoms with Crippen LogP contribution in [0.15, 0.2) is 61.1 Å². The van der Waals surface area contributed by atoms with E-state index in [1.54, 1.807) is 36.8 Å². The van der Waals surface area contributed by atoms with Crippen LogP contribution in [-0.4, -0.2) is 84.3 Å². The highest BCUT2D eigenvalue weighted by atomic mass is 19.3. The Morgan fingerprint density at radius 3 is 2.66 bits per heavy atom. The molecule has 0 radical (unpaired) electrons. The zero-order valence-electron chi connectivity index (χ0n) is 22.8. The summed E-state index contributed by atoms with van der Waals surface area (Å²) in [5, 5.41) is 9.54. The lowest BCUT2D eigenvalue weighted by Gasteiger charge is -2.26.